The van der Waals surface area contributed by atoms with Gasteiger partial charge < -0.3 is 14.4 Å². The molecule has 4 aliphatic rings. The number of aromatic nitrogens is 1. The summed E-state index contributed by atoms with van der Waals surface area (Å²) in [5, 5.41) is 11.2. The fourth-order valence-electron chi connectivity index (χ4n) is 6.55. The van der Waals surface area contributed by atoms with Gasteiger partial charge in [0, 0.05) is 24.2 Å². The Balaban J connectivity index is 1.71. The molecule has 1 aromatic rings. The predicted molar refractivity (Wildman–Crippen MR) is 106 cm³/mol. The molecular formula is C21H32N2O3S. The number of ether oxygens (including phenoxy) is 1. The Labute approximate surface area is 165 Å². The van der Waals surface area contributed by atoms with Crippen molar-refractivity contribution >= 4 is 17.2 Å². The number of thiazole rings is 1. The van der Waals surface area contributed by atoms with E-state index >= 15 is 0 Å². The third-order valence-electron chi connectivity index (χ3n) is 7.46. The highest BCUT2D eigenvalue weighted by Crippen LogP contribution is 2.67. The summed E-state index contributed by atoms with van der Waals surface area (Å²) in [5.41, 5.74) is 0.160. The number of hydrogen-bond donors (Lipinski definition) is 1. The van der Waals surface area contributed by atoms with E-state index in [0.717, 1.165) is 42.6 Å². The second-order valence-corrected chi connectivity index (χ2v) is 10.6. The number of carbonyl (C=O) groups is 1. The van der Waals surface area contributed by atoms with Crippen molar-refractivity contribution in [2.24, 2.45) is 21.7 Å². The lowest BCUT2D eigenvalue weighted by atomic mass is 9.42. The maximum absolute atomic E-state index is 13.5. The van der Waals surface area contributed by atoms with Gasteiger partial charge in [0.15, 0.2) is 4.80 Å². The maximum Gasteiger partial charge on any atom is 0.254 e. The molecular weight excluding hydrogens is 360 g/mol. The molecule has 4 aliphatic carbocycles. The van der Waals surface area contributed by atoms with Gasteiger partial charge in [0.2, 0.25) is 0 Å². The summed E-state index contributed by atoms with van der Waals surface area (Å²) in [5.74, 6) is 0.466. The lowest BCUT2D eigenvalue weighted by molar-refractivity contribution is -0.202. The van der Waals surface area contributed by atoms with Gasteiger partial charge in [0.1, 0.15) is 0 Å². The average Bonchev–Trinajstić information content (AvgIpc) is 2.84. The zero-order valence-electron chi connectivity index (χ0n) is 17.0. The smallest absolute Gasteiger partial charge is 0.254 e. The largest absolute Gasteiger partial charge is 0.390 e. The summed E-state index contributed by atoms with van der Waals surface area (Å²) in [4.78, 5) is 20.1. The zero-order chi connectivity index (χ0) is 19.4. The zero-order valence-corrected chi connectivity index (χ0v) is 17.8. The van der Waals surface area contributed by atoms with E-state index in [1.54, 1.807) is 18.4 Å². The minimum atomic E-state index is -0.659. The first-order valence-corrected chi connectivity index (χ1v) is 11.0. The maximum atomic E-state index is 13.5. The fraction of sp³-hybridized carbons (Fsp3) is 0.810. The van der Waals surface area contributed by atoms with Crippen molar-refractivity contribution in [3.05, 3.63) is 15.4 Å². The molecule has 4 fully saturated rings. The number of rotatable bonds is 5. The number of hydrogen-bond acceptors (Lipinski definition) is 4. The summed E-state index contributed by atoms with van der Waals surface area (Å²) in [6, 6.07) is 0. The van der Waals surface area contributed by atoms with Crippen LogP contribution in [0.2, 0.25) is 0 Å². The highest BCUT2D eigenvalue weighted by atomic mass is 32.1. The second-order valence-electron chi connectivity index (χ2n) is 9.45. The molecule has 1 heterocycles. The van der Waals surface area contributed by atoms with E-state index in [1.807, 2.05) is 0 Å². The molecule has 4 saturated carbocycles. The molecule has 6 heteroatoms. The van der Waals surface area contributed by atoms with Crippen LogP contribution in [0.4, 0.5) is 0 Å². The van der Waals surface area contributed by atoms with Crippen LogP contribution in [-0.2, 0) is 16.1 Å². The Hall–Kier alpha value is -0.980. The van der Waals surface area contributed by atoms with E-state index in [2.05, 4.69) is 30.3 Å². The molecule has 4 bridgehead atoms. The standard InChI is InChI=1S/C21H32N2O3S/c1-5-19-8-16-9-20(11-19,13-21(25,10-16)12-19)17(24)22-18-23(6-7-26-4)14(2)15(3)27-18/h16,25H,5-13H2,1-4H3/b22-18-. The average molecular weight is 393 g/mol. The summed E-state index contributed by atoms with van der Waals surface area (Å²) < 4.78 is 7.34. The molecule has 27 heavy (non-hydrogen) atoms. The van der Waals surface area contributed by atoms with Crippen LogP contribution < -0.4 is 4.80 Å². The van der Waals surface area contributed by atoms with Gasteiger partial charge in [-0.1, -0.05) is 13.3 Å². The Morgan fingerprint density at radius 3 is 2.74 bits per heavy atom. The van der Waals surface area contributed by atoms with Gasteiger partial charge >= 0.3 is 0 Å². The lowest BCUT2D eigenvalue weighted by Crippen LogP contribution is -2.62. The van der Waals surface area contributed by atoms with Crippen molar-refractivity contribution < 1.29 is 14.6 Å². The molecule has 4 atom stereocenters. The second kappa shape index (κ2) is 6.53. The van der Waals surface area contributed by atoms with E-state index in [9.17, 15) is 9.90 Å². The topological polar surface area (TPSA) is 63.8 Å². The summed E-state index contributed by atoms with van der Waals surface area (Å²) in [6.45, 7) is 7.68. The van der Waals surface area contributed by atoms with Crippen LogP contribution in [0.1, 0.15) is 62.4 Å². The van der Waals surface area contributed by atoms with Crippen molar-refractivity contribution in [1.82, 2.24) is 4.57 Å². The van der Waals surface area contributed by atoms with Gasteiger partial charge in [-0.25, -0.2) is 0 Å². The molecule has 0 saturated heterocycles. The van der Waals surface area contributed by atoms with Crippen LogP contribution in [0.15, 0.2) is 4.99 Å². The summed E-state index contributed by atoms with van der Waals surface area (Å²) in [7, 11) is 1.69. The Bertz CT molecular complexity index is 828. The number of aliphatic hydroxyl groups is 1. The molecule has 150 valence electrons. The molecule has 1 N–H and O–H groups in total. The molecule has 5 nitrogen and oxygen atoms in total. The van der Waals surface area contributed by atoms with Crippen LogP contribution >= 0.6 is 11.3 Å². The first-order valence-electron chi connectivity index (χ1n) is 10.2. The van der Waals surface area contributed by atoms with Crippen LogP contribution in [0.3, 0.4) is 0 Å². The van der Waals surface area contributed by atoms with Crippen LogP contribution in [0.25, 0.3) is 0 Å². The summed E-state index contributed by atoms with van der Waals surface area (Å²) >= 11 is 1.59. The van der Waals surface area contributed by atoms with Crippen molar-refractivity contribution in [2.45, 2.75) is 77.9 Å². The van der Waals surface area contributed by atoms with Gasteiger partial charge in [-0.3, -0.25) is 4.79 Å². The fourth-order valence-corrected chi connectivity index (χ4v) is 7.55. The van der Waals surface area contributed by atoms with Gasteiger partial charge in [0.25, 0.3) is 5.91 Å². The number of carbonyl (C=O) groups excluding carboxylic acids is 1. The Morgan fingerprint density at radius 2 is 2.07 bits per heavy atom. The molecule has 0 radical (unpaired) electrons. The van der Waals surface area contributed by atoms with Crippen LogP contribution in [0, 0.1) is 30.6 Å². The van der Waals surface area contributed by atoms with E-state index in [1.165, 1.54) is 11.3 Å². The highest BCUT2D eigenvalue weighted by molar-refractivity contribution is 7.09. The van der Waals surface area contributed by atoms with Gasteiger partial charge in [0.05, 0.1) is 17.6 Å². The molecule has 0 aromatic carbocycles. The normalized spacial score (nSPS) is 38.0. The first kappa shape index (κ1) is 19.3. The van der Waals surface area contributed by atoms with Crippen LogP contribution in [-0.4, -0.2) is 34.9 Å². The molecule has 1 aromatic heterocycles. The van der Waals surface area contributed by atoms with Crippen molar-refractivity contribution in [2.75, 3.05) is 13.7 Å². The third kappa shape index (κ3) is 3.14. The predicted octanol–water partition coefficient (Wildman–Crippen LogP) is 3.35. The number of amides is 1. The Morgan fingerprint density at radius 1 is 1.30 bits per heavy atom. The number of nitrogens with zero attached hydrogens (tertiary/aromatic N) is 2. The van der Waals surface area contributed by atoms with E-state index < -0.39 is 11.0 Å². The quantitative estimate of drug-likeness (QED) is 0.836. The highest BCUT2D eigenvalue weighted by Gasteiger charge is 2.64. The molecule has 1 amide bonds. The van der Waals surface area contributed by atoms with Gasteiger partial charge in [-0.15, -0.1) is 11.3 Å². The molecule has 0 aliphatic heterocycles. The van der Waals surface area contributed by atoms with E-state index in [4.69, 9.17) is 4.74 Å². The third-order valence-corrected chi connectivity index (χ3v) is 8.56. The van der Waals surface area contributed by atoms with Crippen molar-refractivity contribution in [3.8, 4) is 0 Å². The molecule has 0 spiro atoms. The lowest BCUT2D eigenvalue weighted by Gasteiger charge is -2.64. The Kier molecular flexibility index (Phi) is 4.68. The number of aryl methyl sites for hydroxylation is 1. The minimum Gasteiger partial charge on any atom is -0.390 e. The SMILES string of the molecule is CCC12CC3CC(O)(C1)CC(C(=O)/N=c1\sc(C)c(C)n1CCOC)(C3)C2. The monoisotopic (exact) mass is 392 g/mol. The minimum absolute atomic E-state index is 0.00438. The van der Waals surface area contributed by atoms with Gasteiger partial charge in [-0.2, -0.15) is 4.99 Å². The summed E-state index contributed by atoms with van der Waals surface area (Å²) in [6.07, 6.45) is 6.36. The van der Waals surface area contributed by atoms with Crippen molar-refractivity contribution in [3.63, 3.8) is 0 Å². The van der Waals surface area contributed by atoms with Gasteiger partial charge in [-0.05, 0) is 63.7 Å². The van der Waals surface area contributed by atoms with E-state index in [0.29, 0.717) is 25.5 Å². The van der Waals surface area contributed by atoms with E-state index in [-0.39, 0.29) is 11.3 Å². The molecule has 5 rings (SSSR count). The van der Waals surface area contributed by atoms with Crippen molar-refractivity contribution in [1.29, 1.82) is 0 Å². The van der Waals surface area contributed by atoms with Crippen LogP contribution in [0.5, 0.6) is 0 Å². The first-order chi connectivity index (χ1) is 12.7. The molecule has 4 unspecified atom stereocenters. The number of methoxy groups -OCH3 is 1.